The summed E-state index contributed by atoms with van der Waals surface area (Å²) in [4.78, 5) is 25.8. The topological polar surface area (TPSA) is 98.0 Å². The third kappa shape index (κ3) is 4.50. The third-order valence-electron chi connectivity index (χ3n) is 5.40. The molecule has 1 N–H and O–H groups in total. The second-order valence-corrected chi connectivity index (χ2v) is 7.41. The molecule has 158 valence electrons. The minimum Gasteiger partial charge on any atom is -0.545 e. The SMILES string of the molecule is Cc1c(C(=O)[O-])cccc1-c1ccc(/C=N\NC(=O)c2ccc(N3CCCC3)cc2)o1. The van der Waals surface area contributed by atoms with Gasteiger partial charge in [-0.3, -0.25) is 4.79 Å². The highest BCUT2D eigenvalue weighted by Crippen LogP contribution is 2.27. The summed E-state index contributed by atoms with van der Waals surface area (Å²) >= 11 is 0. The highest BCUT2D eigenvalue weighted by Gasteiger charge is 2.13. The number of nitrogens with one attached hydrogen (secondary N) is 1. The number of hydrogen-bond donors (Lipinski definition) is 1. The van der Waals surface area contributed by atoms with Crippen LogP contribution in [0.2, 0.25) is 0 Å². The summed E-state index contributed by atoms with van der Waals surface area (Å²) in [6, 6.07) is 15.8. The molecule has 31 heavy (non-hydrogen) atoms. The fraction of sp³-hybridized carbons (Fsp3) is 0.208. The highest BCUT2D eigenvalue weighted by molar-refractivity contribution is 5.95. The molecule has 1 aliphatic heterocycles. The molecule has 0 atom stereocenters. The van der Waals surface area contributed by atoms with E-state index < -0.39 is 5.97 Å². The van der Waals surface area contributed by atoms with E-state index in [1.165, 1.54) is 25.1 Å². The number of anilines is 1. The van der Waals surface area contributed by atoms with Gasteiger partial charge >= 0.3 is 0 Å². The molecule has 0 saturated carbocycles. The number of aromatic carboxylic acids is 1. The van der Waals surface area contributed by atoms with Gasteiger partial charge in [-0.1, -0.05) is 18.2 Å². The van der Waals surface area contributed by atoms with Crippen LogP contribution in [0.25, 0.3) is 11.3 Å². The van der Waals surface area contributed by atoms with Crippen molar-refractivity contribution in [3.8, 4) is 11.3 Å². The van der Waals surface area contributed by atoms with Gasteiger partial charge < -0.3 is 19.2 Å². The number of carboxylic acids is 1. The molecular weight excluding hydrogens is 394 g/mol. The van der Waals surface area contributed by atoms with Crippen molar-refractivity contribution in [2.45, 2.75) is 19.8 Å². The quantitative estimate of drug-likeness (QED) is 0.492. The average Bonchev–Trinajstić information content (AvgIpc) is 3.46. The van der Waals surface area contributed by atoms with Crippen molar-refractivity contribution in [2.75, 3.05) is 18.0 Å². The largest absolute Gasteiger partial charge is 0.545 e. The van der Waals surface area contributed by atoms with E-state index in [0.29, 0.717) is 28.2 Å². The molecule has 0 radical (unpaired) electrons. The van der Waals surface area contributed by atoms with Crippen LogP contribution in [-0.4, -0.2) is 31.2 Å². The average molecular weight is 416 g/mol. The van der Waals surface area contributed by atoms with Gasteiger partial charge in [0.05, 0.1) is 12.2 Å². The van der Waals surface area contributed by atoms with E-state index >= 15 is 0 Å². The number of rotatable bonds is 6. The van der Waals surface area contributed by atoms with E-state index in [1.54, 1.807) is 43.3 Å². The lowest BCUT2D eigenvalue weighted by molar-refractivity contribution is -0.255. The molecule has 2 aromatic carbocycles. The van der Waals surface area contributed by atoms with E-state index in [-0.39, 0.29) is 11.5 Å². The van der Waals surface area contributed by atoms with E-state index in [2.05, 4.69) is 15.4 Å². The molecule has 0 aliphatic carbocycles. The Morgan fingerprint density at radius 1 is 1.06 bits per heavy atom. The normalized spacial score (nSPS) is 13.6. The molecule has 1 fully saturated rings. The number of carbonyl (C=O) groups excluding carboxylic acids is 2. The van der Waals surface area contributed by atoms with Gasteiger partial charge in [-0.25, -0.2) is 5.43 Å². The number of hydrazone groups is 1. The number of carboxylic acid groups (broad SMARTS) is 1. The van der Waals surface area contributed by atoms with Crippen molar-refractivity contribution in [3.05, 3.63) is 77.0 Å². The first-order valence-electron chi connectivity index (χ1n) is 10.1. The van der Waals surface area contributed by atoms with Crippen LogP contribution in [0.3, 0.4) is 0 Å². The number of benzene rings is 2. The number of hydrogen-bond acceptors (Lipinski definition) is 6. The molecular formula is C24H22N3O4-. The number of nitrogens with zero attached hydrogens (tertiary/aromatic N) is 2. The Labute approximate surface area is 180 Å². The Morgan fingerprint density at radius 3 is 2.52 bits per heavy atom. The first-order valence-corrected chi connectivity index (χ1v) is 10.1. The number of carbonyl (C=O) groups is 2. The molecule has 3 aromatic rings. The summed E-state index contributed by atoms with van der Waals surface area (Å²) in [5.74, 6) is -0.610. The maximum atomic E-state index is 12.3. The minimum absolute atomic E-state index is 0.118. The van der Waals surface area contributed by atoms with E-state index in [0.717, 1.165) is 18.8 Å². The summed E-state index contributed by atoms with van der Waals surface area (Å²) in [5, 5.41) is 15.2. The van der Waals surface area contributed by atoms with Crippen molar-refractivity contribution in [1.29, 1.82) is 0 Å². The maximum Gasteiger partial charge on any atom is 0.271 e. The number of amides is 1. The van der Waals surface area contributed by atoms with Crippen LogP contribution >= 0.6 is 0 Å². The molecule has 2 heterocycles. The standard InChI is InChI=1S/C24H23N3O4/c1-16-20(5-4-6-21(16)24(29)30)22-12-11-19(31-22)15-25-26-23(28)17-7-9-18(10-8-17)27-13-2-3-14-27/h4-12,15H,2-3,13-14H2,1H3,(H,26,28)(H,29,30)/p-1/b25-15-. The lowest BCUT2D eigenvalue weighted by Gasteiger charge is -2.17. The second-order valence-electron chi connectivity index (χ2n) is 7.41. The van der Waals surface area contributed by atoms with Crippen molar-refractivity contribution in [1.82, 2.24) is 5.43 Å². The van der Waals surface area contributed by atoms with Gasteiger partial charge in [0.1, 0.15) is 11.5 Å². The predicted octanol–water partition coefficient (Wildman–Crippen LogP) is 2.98. The Bertz CT molecular complexity index is 1130. The van der Waals surface area contributed by atoms with Gasteiger partial charge in [0.2, 0.25) is 0 Å². The summed E-state index contributed by atoms with van der Waals surface area (Å²) < 4.78 is 5.73. The van der Waals surface area contributed by atoms with Gasteiger partial charge in [0.25, 0.3) is 5.91 Å². The minimum atomic E-state index is -1.23. The van der Waals surface area contributed by atoms with Crippen LogP contribution in [0.5, 0.6) is 0 Å². The second kappa shape index (κ2) is 8.87. The smallest absolute Gasteiger partial charge is 0.271 e. The van der Waals surface area contributed by atoms with Gasteiger partial charge in [0.15, 0.2) is 0 Å². The fourth-order valence-corrected chi connectivity index (χ4v) is 3.71. The Balaban J connectivity index is 1.40. The Hall–Kier alpha value is -3.87. The van der Waals surface area contributed by atoms with E-state index in [4.69, 9.17) is 4.42 Å². The first kappa shape index (κ1) is 20.4. The van der Waals surface area contributed by atoms with E-state index in [1.807, 2.05) is 12.1 Å². The molecule has 0 spiro atoms. The van der Waals surface area contributed by atoms with Crippen LogP contribution in [0.15, 0.2) is 64.1 Å². The van der Waals surface area contributed by atoms with Gasteiger partial charge in [-0.05, 0) is 61.7 Å². The molecule has 0 unspecified atom stereocenters. The maximum absolute atomic E-state index is 12.3. The van der Waals surface area contributed by atoms with Crippen molar-refractivity contribution < 1.29 is 19.1 Å². The van der Waals surface area contributed by atoms with Crippen LogP contribution in [0.4, 0.5) is 5.69 Å². The molecule has 7 nitrogen and oxygen atoms in total. The summed E-state index contributed by atoms with van der Waals surface area (Å²) in [5.41, 5.74) is 5.47. The van der Waals surface area contributed by atoms with Crippen molar-refractivity contribution >= 4 is 23.8 Å². The van der Waals surface area contributed by atoms with Crippen molar-refractivity contribution in [3.63, 3.8) is 0 Å². The van der Waals surface area contributed by atoms with Gasteiger partial charge in [-0.2, -0.15) is 5.10 Å². The van der Waals surface area contributed by atoms with Crippen molar-refractivity contribution in [2.24, 2.45) is 5.10 Å². The lowest BCUT2D eigenvalue weighted by atomic mass is 10.0. The van der Waals surface area contributed by atoms with Gasteiger partial charge in [0, 0.05) is 35.5 Å². The molecule has 0 bridgehead atoms. The zero-order valence-electron chi connectivity index (χ0n) is 17.1. The molecule has 1 aromatic heterocycles. The molecule has 4 rings (SSSR count). The summed E-state index contributed by atoms with van der Waals surface area (Å²) in [6.45, 7) is 3.81. The predicted molar refractivity (Wildman–Crippen MR) is 116 cm³/mol. The monoisotopic (exact) mass is 416 g/mol. The molecule has 1 saturated heterocycles. The molecule has 1 amide bonds. The Kier molecular flexibility index (Phi) is 5.84. The highest BCUT2D eigenvalue weighted by atomic mass is 16.4. The zero-order chi connectivity index (χ0) is 21.8. The first-order chi connectivity index (χ1) is 15.0. The van der Waals surface area contributed by atoms with Crippen LogP contribution < -0.4 is 15.4 Å². The summed E-state index contributed by atoms with van der Waals surface area (Å²) in [7, 11) is 0. The van der Waals surface area contributed by atoms with E-state index in [9.17, 15) is 14.7 Å². The third-order valence-corrected chi connectivity index (χ3v) is 5.40. The zero-order valence-corrected chi connectivity index (χ0v) is 17.1. The lowest BCUT2D eigenvalue weighted by Crippen LogP contribution is -2.23. The van der Waals surface area contributed by atoms with Crippen LogP contribution in [0.1, 0.15) is 44.9 Å². The molecule has 1 aliphatic rings. The molecule has 7 heteroatoms. The number of furan rings is 1. The summed E-state index contributed by atoms with van der Waals surface area (Å²) in [6.07, 6.45) is 3.80. The van der Waals surface area contributed by atoms with Crippen LogP contribution in [-0.2, 0) is 0 Å². The van der Waals surface area contributed by atoms with Gasteiger partial charge in [-0.15, -0.1) is 0 Å². The Morgan fingerprint density at radius 2 is 1.81 bits per heavy atom. The van der Waals surface area contributed by atoms with Crippen LogP contribution in [0, 0.1) is 6.92 Å². The fourth-order valence-electron chi connectivity index (χ4n) is 3.71.